The largest absolute Gasteiger partial charge is 0.444 e. The summed E-state index contributed by atoms with van der Waals surface area (Å²) >= 11 is 0. The molecule has 0 aromatic heterocycles. The summed E-state index contributed by atoms with van der Waals surface area (Å²) in [6, 6.07) is -0.108. The number of likely N-dealkylation sites (tertiary alicyclic amines) is 1. The summed E-state index contributed by atoms with van der Waals surface area (Å²) in [6.07, 6.45) is 0.234. The second-order valence-corrected chi connectivity index (χ2v) is 6.41. The first kappa shape index (κ1) is 16.8. The Bertz CT molecular complexity index is 363. The van der Waals surface area contributed by atoms with E-state index in [1.807, 2.05) is 20.8 Å². The standard InChI is InChI=1S/C14H26N2O4/c1-14(2,3)20-13(18)16-8-10(12(17)15(4)5)7-11(16)9-19-6/h10-11H,7-9H2,1-6H3/t10-,11-/m1/s1. The molecule has 0 unspecified atom stereocenters. The SMILES string of the molecule is COC[C@H]1C[C@@H](C(=O)N(C)C)CN1C(=O)OC(C)(C)C. The van der Waals surface area contributed by atoms with Gasteiger partial charge in [-0.2, -0.15) is 0 Å². The number of ether oxygens (including phenoxy) is 2. The Morgan fingerprint density at radius 2 is 1.90 bits per heavy atom. The molecular weight excluding hydrogens is 260 g/mol. The average Bonchev–Trinajstić information content (AvgIpc) is 2.70. The van der Waals surface area contributed by atoms with Crippen molar-refractivity contribution < 1.29 is 19.1 Å². The van der Waals surface area contributed by atoms with Crippen LogP contribution in [0.1, 0.15) is 27.2 Å². The Kier molecular flexibility index (Phi) is 5.39. The van der Waals surface area contributed by atoms with Gasteiger partial charge in [-0.25, -0.2) is 4.79 Å². The molecule has 0 saturated carbocycles. The molecule has 0 aromatic carbocycles. The lowest BCUT2D eigenvalue weighted by Gasteiger charge is -2.28. The van der Waals surface area contributed by atoms with Gasteiger partial charge < -0.3 is 19.3 Å². The Hall–Kier alpha value is -1.30. The molecule has 0 aliphatic carbocycles. The van der Waals surface area contributed by atoms with E-state index < -0.39 is 5.60 Å². The van der Waals surface area contributed by atoms with E-state index in [4.69, 9.17) is 9.47 Å². The molecule has 6 heteroatoms. The Labute approximate surface area is 121 Å². The fourth-order valence-electron chi connectivity index (χ4n) is 2.36. The van der Waals surface area contributed by atoms with E-state index in [1.54, 1.807) is 31.0 Å². The predicted octanol–water partition coefficient (Wildman–Crippen LogP) is 1.35. The van der Waals surface area contributed by atoms with Crippen molar-refractivity contribution in [1.82, 2.24) is 9.80 Å². The van der Waals surface area contributed by atoms with Gasteiger partial charge in [0.25, 0.3) is 0 Å². The number of hydrogen-bond acceptors (Lipinski definition) is 4. The Morgan fingerprint density at radius 3 is 2.35 bits per heavy atom. The first-order valence-electron chi connectivity index (χ1n) is 6.85. The minimum absolute atomic E-state index is 0.0390. The highest BCUT2D eigenvalue weighted by atomic mass is 16.6. The van der Waals surface area contributed by atoms with Gasteiger partial charge in [-0.05, 0) is 27.2 Å². The fourth-order valence-corrected chi connectivity index (χ4v) is 2.36. The van der Waals surface area contributed by atoms with E-state index in [9.17, 15) is 9.59 Å². The Balaban J connectivity index is 2.77. The maximum atomic E-state index is 12.2. The molecule has 0 aromatic rings. The summed E-state index contributed by atoms with van der Waals surface area (Å²) in [5, 5.41) is 0. The fraction of sp³-hybridized carbons (Fsp3) is 0.857. The molecule has 2 amide bonds. The number of rotatable bonds is 3. The second-order valence-electron chi connectivity index (χ2n) is 6.41. The number of methoxy groups -OCH3 is 1. The molecule has 1 aliphatic heterocycles. The van der Waals surface area contributed by atoms with Crippen molar-refractivity contribution >= 4 is 12.0 Å². The summed E-state index contributed by atoms with van der Waals surface area (Å²) in [7, 11) is 5.04. The van der Waals surface area contributed by atoms with Gasteiger partial charge in [-0.15, -0.1) is 0 Å². The molecule has 1 fully saturated rings. The van der Waals surface area contributed by atoms with E-state index in [-0.39, 0.29) is 24.0 Å². The van der Waals surface area contributed by atoms with Gasteiger partial charge in [0, 0.05) is 27.7 Å². The third-order valence-electron chi connectivity index (χ3n) is 3.19. The van der Waals surface area contributed by atoms with E-state index in [1.165, 1.54) is 0 Å². The van der Waals surface area contributed by atoms with Crippen molar-refractivity contribution in [2.24, 2.45) is 5.92 Å². The lowest BCUT2D eigenvalue weighted by atomic mass is 10.0. The minimum atomic E-state index is -0.543. The molecule has 6 nitrogen and oxygen atoms in total. The number of carbonyl (C=O) groups excluding carboxylic acids is 2. The molecule has 116 valence electrons. The second kappa shape index (κ2) is 6.43. The van der Waals surface area contributed by atoms with Crippen LogP contribution in [0.15, 0.2) is 0 Å². The van der Waals surface area contributed by atoms with Crippen LogP contribution in [-0.2, 0) is 14.3 Å². The zero-order chi connectivity index (χ0) is 15.5. The van der Waals surface area contributed by atoms with Crippen LogP contribution in [0, 0.1) is 5.92 Å². The minimum Gasteiger partial charge on any atom is -0.444 e. The van der Waals surface area contributed by atoms with Crippen molar-refractivity contribution in [2.75, 3.05) is 34.4 Å². The molecule has 2 atom stereocenters. The molecule has 0 bridgehead atoms. The van der Waals surface area contributed by atoms with Crippen LogP contribution in [0.25, 0.3) is 0 Å². The van der Waals surface area contributed by atoms with Crippen LogP contribution >= 0.6 is 0 Å². The van der Waals surface area contributed by atoms with Crippen LogP contribution < -0.4 is 0 Å². The highest BCUT2D eigenvalue weighted by Gasteiger charge is 2.40. The van der Waals surface area contributed by atoms with Crippen LogP contribution in [0.5, 0.6) is 0 Å². The van der Waals surface area contributed by atoms with E-state index >= 15 is 0 Å². The third-order valence-corrected chi connectivity index (χ3v) is 3.19. The summed E-state index contributed by atoms with van der Waals surface area (Å²) in [5.74, 6) is -0.144. The molecule has 0 spiro atoms. The molecule has 1 rings (SSSR count). The monoisotopic (exact) mass is 286 g/mol. The van der Waals surface area contributed by atoms with Crippen LogP contribution in [0.2, 0.25) is 0 Å². The molecule has 1 aliphatic rings. The first-order chi connectivity index (χ1) is 9.15. The zero-order valence-electron chi connectivity index (χ0n) is 13.3. The summed E-state index contributed by atoms with van der Waals surface area (Å²) in [6.45, 7) is 6.29. The zero-order valence-corrected chi connectivity index (χ0v) is 13.3. The number of carbonyl (C=O) groups is 2. The van der Waals surface area contributed by atoms with Gasteiger partial charge in [-0.3, -0.25) is 4.79 Å². The molecule has 0 radical (unpaired) electrons. The van der Waals surface area contributed by atoms with Gasteiger partial charge in [0.1, 0.15) is 5.60 Å². The predicted molar refractivity (Wildman–Crippen MR) is 75.4 cm³/mol. The molecule has 1 saturated heterocycles. The Morgan fingerprint density at radius 1 is 1.30 bits per heavy atom. The van der Waals surface area contributed by atoms with Crippen molar-refractivity contribution in [3.05, 3.63) is 0 Å². The van der Waals surface area contributed by atoms with E-state index in [0.29, 0.717) is 19.6 Å². The van der Waals surface area contributed by atoms with Crippen LogP contribution in [0.4, 0.5) is 4.79 Å². The van der Waals surface area contributed by atoms with Crippen molar-refractivity contribution in [3.8, 4) is 0 Å². The van der Waals surface area contributed by atoms with Gasteiger partial charge in [-0.1, -0.05) is 0 Å². The smallest absolute Gasteiger partial charge is 0.410 e. The summed E-state index contributed by atoms with van der Waals surface area (Å²) in [4.78, 5) is 27.4. The number of amides is 2. The first-order valence-corrected chi connectivity index (χ1v) is 6.85. The lowest BCUT2D eigenvalue weighted by molar-refractivity contribution is -0.132. The molecular formula is C14H26N2O4. The van der Waals surface area contributed by atoms with E-state index in [0.717, 1.165) is 0 Å². The normalized spacial score (nSPS) is 22.8. The quantitative estimate of drug-likeness (QED) is 0.785. The maximum Gasteiger partial charge on any atom is 0.410 e. The highest BCUT2D eigenvalue weighted by molar-refractivity contribution is 5.80. The van der Waals surface area contributed by atoms with Gasteiger partial charge in [0.2, 0.25) is 5.91 Å². The summed E-state index contributed by atoms with van der Waals surface area (Å²) < 4.78 is 10.5. The van der Waals surface area contributed by atoms with Crippen LogP contribution in [-0.4, -0.2) is 67.8 Å². The lowest BCUT2D eigenvalue weighted by Crippen LogP contribution is -2.42. The molecule has 20 heavy (non-hydrogen) atoms. The van der Waals surface area contributed by atoms with Crippen molar-refractivity contribution in [1.29, 1.82) is 0 Å². The third kappa shape index (κ3) is 4.37. The number of hydrogen-bond donors (Lipinski definition) is 0. The maximum absolute atomic E-state index is 12.2. The van der Waals surface area contributed by atoms with Gasteiger partial charge >= 0.3 is 6.09 Å². The van der Waals surface area contributed by atoms with Crippen LogP contribution in [0.3, 0.4) is 0 Å². The topological polar surface area (TPSA) is 59.1 Å². The van der Waals surface area contributed by atoms with Gasteiger partial charge in [0.15, 0.2) is 0 Å². The molecule has 1 heterocycles. The molecule has 0 N–H and O–H groups in total. The van der Waals surface area contributed by atoms with Gasteiger partial charge in [0.05, 0.1) is 18.6 Å². The highest BCUT2D eigenvalue weighted by Crippen LogP contribution is 2.26. The summed E-state index contributed by atoms with van der Waals surface area (Å²) in [5.41, 5.74) is -0.543. The average molecular weight is 286 g/mol. The van der Waals surface area contributed by atoms with E-state index in [2.05, 4.69) is 0 Å². The van der Waals surface area contributed by atoms with Crippen molar-refractivity contribution in [3.63, 3.8) is 0 Å². The van der Waals surface area contributed by atoms with Crippen molar-refractivity contribution in [2.45, 2.75) is 38.8 Å². The number of nitrogens with zero attached hydrogens (tertiary/aromatic N) is 2.